The standard InChI is InChI=1S/C22H24N2O6S/c1-15(23-21(26)16-7-4-3-5-8-16)22(27)30-14-20(25)18-10-11-19-17(13-18)9-6-12-24(19)31(2,28)29/h3-5,7-8,10-11,13,15H,6,9,12,14H2,1-2H3,(H,23,26). The average Bonchev–Trinajstić information content (AvgIpc) is 2.76. The predicted molar refractivity (Wildman–Crippen MR) is 116 cm³/mol. The van der Waals surface area contributed by atoms with Crippen molar-refractivity contribution >= 4 is 33.4 Å². The fraction of sp³-hybridized carbons (Fsp3) is 0.318. The molecule has 0 aliphatic carbocycles. The van der Waals surface area contributed by atoms with Gasteiger partial charge >= 0.3 is 5.97 Å². The molecule has 8 nitrogen and oxygen atoms in total. The largest absolute Gasteiger partial charge is 0.456 e. The SMILES string of the molecule is CC(NC(=O)c1ccccc1)C(=O)OCC(=O)c1ccc2c(c1)CCCN2S(C)(=O)=O. The number of hydrogen-bond donors (Lipinski definition) is 1. The molecule has 1 aliphatic rings. The van der Waals surface area contributed by atoms with Gasteiger partial charge in [-0.05, 0) is 55.7 Å². The molecule has 31 heavy (non-hydrogen) atoms. The Morgan fingerprint density at radius 3 is 2.48 bits per heavy atom. The minimum absolute atomic E-state index is 0.336. The van der Waals surface area contributed by atoms with E-state index in [0.717, 1.165) is 11.8 Å². The van der Waals surface area contributed by atoms with Gasteiger partial charge in [0, 0.05) is 17.7 Å². The van der Waals surface area contributed by atoms with Crippen molar-refractivity contribution in [2.24, 2.45) is 0 Å². The molecular weight excluding hydrogens is 420 g/mol. The van der Waals surface area contributed by atoms with Crippen molar-refractivity contribution in [1.82, 2.24) is 5.32 Å². The zero-order valence-corrected chi connectivity index (χ0v) is 18.1. The van der Waals surface area contributed by atoms with Crippen LogP contribution in [0.2, 0.25) is 0 Å². The molecule has 1 N–H and O–H groups in total. The summed E-state index contributed by atoms with van der Waals surface area (Å²) in [5, 5.41) is 2.53. The number of esters is 1. The number of ether oxygens (including phenoxy) is 1. The Bertz CT molecular complexity index is 1100. The van der Waals surface area contributed by atoms with Crippen LogP contribution in [0.5, 0.6) is 0 Å². The van der Waals surface area contributed by atoms with Crippen LogP contribution in [0, 0.1) is 0 Å². The second kappa shape index (κ2) is 9.30. The minimum Gasteiger partial charge on any atom is -0.456 e. The maximum Gasteiger partial charge on any atom is 0.328 e. The van der Waals surface area contributed by atoms with Crippen molar-refractivity contribution in [2.75, 3.05) is 23.7 Å². The van der Waals surface area contributed by atoms with Gasteiger partial charge in [-0.15, -0.1) is 0 Å². The number of nitrogens with one attached hydrogen (secondary N) is 1. The molecule has 0 radical (unpaired) electrons. The molecule has 9 heteroatoms. The van der Waals surface area contributed by atoms with Gasteiger partial charge in [-0.25, -0.2) is 13.2 Å². The van der Waals surface area contributed by atoms with Crippen molar-refractivity contribution in [3.63, 3.8) is 0 Å². The van der Waals surface area contributed by atoms with Crippen LogP contribution in [0.4, 0.5) is 5.69 Å². The van der Waals surface area contributed by atoms with Crippen LogP contribution in [0.1, 0.15) is 39.6 Å². The highest BCUT2D eigenvalue weighted by Gasteiger charge is 2.25. The van der Waals surface area contributed by atoms with E-state index in [1.165, 1.54) is 17.3 Å². The van der Waals surface area contributed by atoms with Gasteiger partial charge in [0.2, 0.25) is 10.0 Å². The molecule has 0 fully saturated rings. The summed E-state index contributed by atoms with van der Waals surface area (Å²) in [6.07, 6.45) is 2.47. The number of carbonyl (C=O) groups excluding carboxylic acids is 3. The first-order chi connectivity index (χ1) is 14.7. The van der Waals surface area contributed by atoms with Gasteiger partial charge < -0.3 is 10.1 Å². The molecule has 1 aliphatic heterocycles. The maximum atomic E-state index is 12.5. The maximum absolute atomic E-state index is 12.5. The predicted octanol–water partition coefficient (Wildman–Crippen LogP) is 1.94. The van der Waals surface area contributed by atoms with Gasteiger partial charge in [-0.3, -0.25) is 13.9 Å². The number of sulfonamides is 1. The lowest BCUT2D eigenvalue weighted by molar-refractivity contribution is -0.144. The summed E-state index contributed by atoms with van der Waals surface area (Å²) in [6.45, 7) is 1.41. The normalized spacial score (nSPS) is 14.3. The topological polar surface area (TPSA) is 110 Å². The van der Waals surface area contributed by atoms with E-state index in [0.29, 0.717) is 36.2 Å². The van der Waals surface area contributed by atoms with Crippen LogP contribution in [0.25, 0.3) is 0 Å². The molecule has 164 valence electrons. The Morgan fingerprint density at radius 2 is 1.81 bits per heavy atom. The van der Waals surface area contributed by atoms with Crippen LogP contribution in [0.15, 0.2) is 48.5 Å². The number of Topliss-reactive ketones (excluding diaryl/α,β-unsaturated/α-hetero) is 1. The molecule has 0 aromatic heterocycles. The molecule has 0 spiro atoms. The van der Waals surface area contributed by atoms with Crippen LogP contribution < -0.4 is 9.62 Å². The summed E-state index contributed by atoms with van der Waals surface area (Å²) in [4.78, 5) is 36.8. The van der Waals surface area contributed by atoms with Crippen molar-refractivity contribution < 1.29 is 27.5 Å². The fourth-order valence-electron chi connectivity index (χ4n) is 3.35. The molecule has 1 unspecified atom stereocenters. The quantitative estimate of drug-likeness (QED) is 0.516. The molecule has 1 amide bonds. The van der Waals surface area contributed by atoms with E-state index in [1.54, 1.807) is 42.5 Å². The first-order valence-corrected chi connectivity index (χ1v) is 11.7. The third-order valence-corrected chi connectivity index (χ3v) is 6.14. The van der Waals surface area contributed by atoms with Crippen molar-refractivity contribution in [3.8, 4) is 0 Å². The Labute approximate surface area is 181 Å². The molecule has 1 heterocycles. The Morgan fingerprint density at radius 1 is 1.10 bits per heavy atom. The molecule has 1 atom stereocenters. The summed E-state index contributed by atoms with van der Waals surface area (Å²) in [7, 11) is -3.39. The van der Waals surface area contributed by atoms with Crippen LogP contribution >= 0.6 is 0 Å². The van der Waals surface area contributed by atoms with Crippen molar-refractivity contribution in [2.45, 2.75) is 25.8 Å². The number of fused-ring (bicyclic) bond motifs is 1. The van der Waals surface area contributed by atoms with E-state index >= 15 is 0 Å². The van der Waals surface area contributed by atoms with Gasteiger partial charge in [0.25, 0.3) is 5.91 Å². The zero-order chi connectivity index (χ0) is 22.6. The van der Waals surface area contributed by atoms with Gasteiger partial charge in [0.1, 0.15) is 6.04 Å². The number of nitrogens with zero attached hydrogens (tertiary/aromatic N) is 1. The van der Waals surface area contributed by atoms with Crippen LogP contribution in [0.3, 0.4) is 0 Å². The third-order valence-electron chi connectivity index (χ3n) is 4.96. The van der Waals surface area contributed by atoms with E-state index < -0.39 is 40.3 Å². The Kier molecular flexibility index (Phi) is 6.74. The second-order valence-corrected chi connectivity index (χ2v) is 9.28. The lowest BCUT2D eigenvalue weighted by Gasteiger charge is -2.29. The molecule has 0 saturated heterocycles. The molecular formula is C22H24N2O6S. The number of carbonyl (C=O) groups is 3. The number of aryl methyl sites for hydroxylation is 1. The molecule has 2 aromatic carbocycles. The summed E-state index contributed by atoms with van der Waals surface area (Å²) < 4.78 is 30.3. The van der Waals surface area contributed by atoms with Crippen molar-refractivity contribution in [1.29, 1.82) is 0 Å². The van der Waals surface area contributed by atoms with Gasteiger partial charge in [-0.1, -0.05) is 18.2 Å². The minimum atomic E-state index is -3.39. The molecule has 3 rings (SSSR count). The van der Waals surface area contributed by atoms with E-state index in [2.05, 4.69) is 5.32 Å². The number of ketones is 1. The van der Waals surface area contributed by atoms with E-state index in [-0.39, 0.29) is 0 Å². The number of benzene rings is 2. The van der Waals surface area contributed by atoms with E-state index in [9.17, 15) is 22.8 Å². The van der Waals surface area contributed by atoms with E-state index in [4.69, 9.17) is 4.74 Å². The Balaban J connectivity index is 1.59. The molecule has 0 saturated carbocycles. The first kappa shape index (κ1) is 22.5. The monoisotopic (exact) mass is 444 g/mol. The number of amides is 1. The Hall–Kier alpha value is -3.20. The average molecular weight is 445 g/mol. The lowest BCUT2D eigenvalue weighted by atomic mass is 9.99. The summed E-state index contributed by atoms with van der Waals surface area (Å²) in [5.41, 5.74) is 2.08. The fourth-order valence-corrected chi connectivity index (χ4v) is 4.35. The number of rotatable bonds is 7. The van der Waals surface area contributed by atoms with Gasteiger partial charge in [0.05, 0.1) is 11.9 Å². The van der Waals surface area contributed by atoms with Crippen LogP contribution in [-0.4, -0.2) is 51.5 Å². The highest BCUT2D eigenvalue weighted by molar-refractivity contribution is 7.92. The summed E-state index contributed by atoms with van der Waals surface area (Å²) in [5.74, 6) is -1.55. The highest BCUT2D eigenvalue weighted by Crippen LogP contribution is 2.30. The van der Waals surface area contributed by atoms with Gasteiger partial charge in [0.15, 0.2) is 12.4 Å². The molecule has 2 aromatic rings. The number of hydrogen-bond acceptors (Lipinski definition) is 6. The second-order valence-electron chi connectivity index (χ2n) is 7.37. The number of anilines is 1. The van der Waals surface area contributed by atoms with E-state index in [1.807, 2.05) is 0 Å². The van der Waals surface area contributed by atoms with Gasteiger partial charge in [-0.2, -0.15) is 0 Å². The lowest BCUT2D eigenvalue weighted by Crippen LogP contribution is -2.40. The van der Waals surface area contributed by atoms with Crippen LogP contribution in [-0.2, 0) is 26.0 Å². The summed E-state index contributed by atoms with van der Waals surface area (Å²) >= 11 is 0. The first-order valence-electron chi connectivity index (χ1n) is 9.83. The van der Waals surface area contributed by atoms with Crippen molar-refractivity contribution in [3.05, 3.63) is 65.2 Å². The zero-order valence-electron chi connectivity index (χ0n) is 17.3. The summed E-state index contributed by atoms with van der Waals surface area (Å²) in [6, 6.07) is 12.3. The molecule has 0 bridgehead atoms. The smallest absolute Gasteiger partial charge is 0.328 e. The third kappa shape index (κ3) is 5.49. The highest BCUT2D eigenvalue weighted by atomic mass is 32.2.